The van der Waals surface area contributed by atoms with Gasteiger partial charge in [0.1, 0.15) is 6.54 Å². The van der Waals surface area contributed by atoms with Crippen molar-refractivity contribution in [3.8, 4) is 11.1 Å². The van der Waals surface area contributed by atoms with E-state index in [4.69, 9.17) is 14.2 Å². The average Bonchev–Trinajstić information content (AvgIpc) is 3.14. The van der Waals surface area contributed by atoms with Gasteiger partial charge >= 0.3 is 12.0 Å². The summed E-state index contributed by atoms with van der Waals surface area (Å²) in [6.45, 7) is 5.87. The monoisotopic (exact) mass is 666 g/mol. The third-order valence-electron chi connectivity index (χ3n) is 8.69. The molecule has 3 aromatic carbocycles. The zero-order chi connectivity index (χ0) is 34.6. The molecular weight excluding hydrogens is 620 g/mol. The molecule has 0 bridgehead atoms. The van der Waals surface area contributed by atoms with Crippen molar-refractivity contribution < 1.29 is 28.9 Å². The Balaban J connectivity index is 1.26. The van der Waals surface area contributed by atoms with Gasteiger partial charge < -0.3 is 34.9 Å². The Morgan fingerprint density at radius 1 is 0.898 bits per heavy atom. The van der Waals surface area contributed by atoms with Gasteiger partial charge in [-0.3, -0.25) is 9.78 Å². The van der Waals surface area contributed by atoms with E-state index in [9.17, 15) is 14.7 Å². The molecule has 0 aliphatic carbocycles. The van der Waals surface area contributed by atoms with Crippen molar-refractivity contribution in [1.82, 2.24) is 20.5 Å². The molecule has 1 fully saturated rings. The minimum Gasteiger partial charge on any atom is -0.465 e. The standard InChI is InChI=1S/C39H46N4O6/c1-4-47-36(45)24-42-39(46)41-23-29-8-7-9-33(22-29)30-15-17-32(18-16-30)38-48-35(25-43(3)21-19-34-10-5-6-20-40-34)27(2)37(49-38)31-13-11-28(26-44)12-14-31/h5-18,20,22,27,35,37-38,44H,4,19,21,23-26H2,1-3H3,(H2,41,42,46). The number of aromatic nitrogens is 1. The van der Waals surface area contributed by atoms with Gasteiger partial charge in [0.25, 0.3) is 0 Å². The predicted molar refractivity (Wildman–Crippen MR) is 187 cm³/mol. The van der Waals surface area contributed by atoms with Crippen molar-refractivity contribution >= 4 is 12.0 Å². The van der Waals surface area contributed by atoms with E-state index in [1.165, 1.54) is 0 Å². The molecule has 258 valence electrons. The van der Waals surface area contributed by atoms with Gasteiger partial charge in [-0.05, 0) is 60.0 Å². The Morgan fingerprint density at radius 2 is 1.67 bits per heavy atom. The van der Waals surface area contributed by atoms with E-state index in [0.717, 1.165) is 58.6 Å². The number of aliphatic hydroxyl groups is 1. The van der Waals surface area contributed by atoms with Crippen LogP contribution in [0.25, 0.3) is 11.1 Å². The highest BCUT2D eigenvalue weighted by molar-refractivity contribution is 5.80. The molecule has 0 radical (unpaired) electrons. The highest BCUT2D eigenvalue weighted by Crippen LogP contribution is 2.42. The normalized spacial score (nSPS) is 19.0. The Hall–Kier alpha value is -4.61. The first-order chi connectivity index (χ1) is 23.8. The summed E-state index contributed by atoms with van der Waals surface area (Å²) in [6.07, 6.45) is 1.83. The van der Waals surface area contributed by atoms with E-state index < -0.39 is 18.3 Å². The molecule has 2 heterocycles. The van der Waals surface area contributed by atoms with Crippen LogP contribution in [0, 0.1) is 5.92 Å². The average molecular weight is 667 g/mol. The predicted octanol–water partition coefficient (Wildman–Crippen LogP) is 5.57. The quantitative estimate of drug-likeness (QED) is 0.150. The number of aliphatic hydroxyl groups excluding tert-OH is 1. The number of benzene rings is 3. The van der Waals surface area contributed by atoms with Gasteiger partial charge in [0, 0.05) is 49.4 Å². The molecule has 10 nitrogen and oxygen atoms in total. The molecule has 2 amide bonds. The lowest BCUT2D eigenvalue weighted by atomic mass is 9.90. The Labute approximate surface area is 288 Å². The van der Waals surface area contributed by atoms with Crippen molar-refractivity contribution in [1.29, 1.82) is 0 Å². The zero-order valence-electron chi connectivity index (χ0n) is 28.4. The number of hydrogen-bond acceptors (Lipinski definition) is 8. The number of ether oxygens (including phenoxy) is 3. The number of amides is 2. The number of nitrogens with zero attached hydrogens (tertiary/aromatic N) is 2. The third-order valence-corrected chi connectivity index (χ3v) is 8.69. The molecule has 1 aliphatic rings. The molecule has 10 heteroatoms. The number of rotatable bonds is 14. The first-order valence-electron chi connectivity index (χ1n) is 16.8. The van der Waals surface area contributed by atoms with Crippen LogP contribution in [0.4, 0.5) is 4.79 Å². The topological polar surface area (TPSA) is 122 Å². The van der Waals surface area contributed by atoms with Crippen LogP contribution in [-0.2, 0) is 38.6 Å². The third kappa shape index (κ3) is 10.2. The fourth-order valence-corrected chi connectivity index (χ4v) is 5.88. The summed E-state index contributed by atoms with van der Waals surface area (Å²) in [5.74, 6) is -0.398. The molecule has 4 aromatic rings. The second kappa shape index (κ2) is 17.7. The summed E-state index contributed by atoms with van der Waals surface area (Å²) >= 11 is 0. The Kier molecular flexibility index (Phi) is 12.9. The van der Waals surface area contributed by atoms with E-state index in [2.05, 4.69) is 52.7 Å². The lowest BCUT2D eigenvalue weighted by molar-refractivity contribution is -0.275. The van der Waals surface area contributed by atoms with E-state index in [-0.39, 0.29) is 37.9 Å². The van der Waals surface area contributed by atoms with Gasteiger partial charge in [-0.15, -0.1) is 0 Å². The van der Waals surface area contributed by atoms with E-state index >= 15 is 0 Å². The summed E-state index contributed by atoms with van der Waals surface area (Å²) in [6, 6.07) is 29.6. The lowest BCUT2D eigenvalue weighted by Crippen LogP contribution is -2.43. The van der Waals surface area contributed by atoms with Gasteiger partial charge in [-0.1, -0.05) is 79.7 Å². The summed E-state index contributed by atoms with van der Waals surface area (Å²) in [4.78, 5) is 30.4. The van der Waals surface area contributed by atoms with E-state index in [1.807, 2.05) is 79.0 Å². The second-order valence-corrected chi connectivity index (χ2v) is 12.3. The molecular formula is C39H46N4O6. The maximum absolute atomic E-state index is 12.1. The largest absolute Gasteiger partial charge is 0.465 e. The first kappa shape index (κ1) is 35.7. The van der Waals surface area contributed by atoms with Gasteiger partial charge in [-0.2, -0.15) is 0 Å². The van der Waals surface area contributed by atoms with Crippen molar-refractivity contribution in [2.45, 2.75) is 51.9 Å². The molecule has 1 aromatic heterocycles. The molecule has 3 N–H and O–H groups in total. The highest BCUT2D eigenvalue weighted by Gasteiger charge is 2.38. The smallest absolute Gasteiger partial charge is 0.325 e. The number of hydrogen-bond donors (Lipinski definition) is 3. The second-order valence-electron chi connectivity index (χ2n) is 12.3. The molecule has 1 aliphatic heterocycles. The Bertz CT molecular complexity index is 1630. The highest BCUT2D eigenvalue weighted by atomic mass is 16.7. The first-order valence-corrected chi connectivity index (χ1v) is 16.8. The summed E-state index contributed by atoms with van der Waals surface area (Å²) in [7, 11) is 2.11. The van der Waals surface area contributed by atoms with Crippen molar-refractivity contribution in [2.75, 3.05) is 33.3 Å². The summed E-state index contributed by atoms with van der Waals surface area (Å²) in [5.41, 5.74) is 6.84. The summed E-state index contributed by atoms with van der Waals surface area (Å²) in [5, 5.41) is 14.9. The molecule has 4 atom stereocenters. The molecule has 4 unspecified atom stereocenters. The number of esters is 1. The van der Waals surface area contributed by atoms with Crippen LogP contribution >= 0.6 is 0 Å². The van der Waals surface area contributed by atoms with Crippen LogP contribution in [0.15, 0.2) is 97.2 Å². The molecule has 49 heavy (non-hydrogen) atoms. The number of nitrogens with one attached hydrogen (secondary N) is 2. The van der Waals surface area contributed by atoms with Crippen LogP contribution in [0.3, 0.4) is 0 Å². The SMILES string of the molecule is CCOC(=O)CNC(=O)NCc1cccc(-c2ccc(C3OC(CN(C)CCc4ccccn4)C(C)C(c4ccc(CO)cc4)O3)cc2)c1. The fraction of sp³-hybridized carbons (Fsp3) is 0.359. The minimum absolute atomic E-state index is 0.00495. The number of carbonyl (C=O) groups is 2. The number of likely N-dealkylation sites (N-methyl/N-ethyl adjacent to an activating group) is 1. The van der Waals surface area contributed by atoms with Crippen LogP contribution in [-0.4, -0.2) is 66.4 Å². The van der Waals surface area contributed by atoms with Gasteiger partial charge in [0.05, 0.1) is 25.4 Å². The minimum atomic E-state index is -0.564. The van der Waals surface area contributed by atoms with E-state index in [1.54, 1.807) is 6.92 Å². The van der Waals surface area contributed by atoms with Crippen molar-refractivity contribution in [2.24, 2.45) is 5.92 Å². The lowest BCUT2D eigenvalue weighted by Gasteiger charge is -2.42. The molecule has 0 spiro atoms. The number of urea groups is 1. The maximum Gasteiger partial charge on any atom is 0.325 e. The maximum atomic E-state index is 12.1. The molecule has 1 saturated heterocycles. The number of pyridine rings is 1. The van der Waals surface area contributed by atoms with Crippen molar-refractivity contribution in [3.05, 3.63) is 125 Å². The van der Waals surface area contributed by atoms with E-state index in [0.29, 0.717) is 6.54 Å². The van der Waals surface area contributed by atoms with Gasteiger partial charge in [0.2, 0.25) is 0 Å². The Morgan fingerprint density at radius 3 is 2.39 bits per heavy atom. The zero-order valence-corrected chi connectivity index (χ0v) is 28.4. The van der Waals surface area contributed by atoms with Gasteiger partial charge in [0.15, 0.2) is 6.29 Å². The number of carbonyl (C=O) groups excluding carboxylic acids is 2. The van der Waals surface area contributed by atoms with Gasteiger partial charge in [-0.25, -0.2) is 4.79 Å². The summed E-state index contributed by atoms with van der Waals surface area (Å²) < 4.78 is 18.2. The van der Waals surface area contributed by atoms with Crippen LogP contribution in [0.2, 0.25) is 0 Å². The van der Waals surface area contributed by atoms with Crippen LogP contribution < -0.4 is 10.6 Å². The van der Waals surface area contributed by atoms with Crippen LogP contribution in [0.1, 0.15) is 54.2 Å². The fourth-order valence-electron chi connectivity index (χ4n) is 5.88. The molecule has 0 saturated carbocycles. The molecule has 5 rings (SSSR count). The van der Waals surface area contributed by atoms with Crippen LogP contribution in [0.5, 0.6) is 0 Å². The van der Waals surface area contributed by atoms with Crippen molar-refractivity contribution in [3.63, 3.8) is 0 Å².